The highest BCUT2D eigenvalue weighted by molar-refractivity contribution is 5.88. The third-order valence-corrected chi connectivity index (χ3v) is 2.62. The molecule has 2 aromatic carbocycles. The zero-order chi connectivity index (χ0) is 14.7. The molecule has 2 rings (SSSR count). The molecule has 2 aromatic rings. The van der Waals surface area contributed by atoms with Crippen LogP contribution in [0.3, 0.4) is 0 Å². The van der Waals surface area contributed by atoms with Crippen molar-refractivity contribution in [1.29, 1.82) is 0 Å². The molecule has 3 nitrogen and oxygen atoms in total. The summed E-state index contributed by atoms with van der Waals surface area (Å²) in [5.41, 5.74) is 0.150. The van der Waals surface area contributed by atoms with Crippen LogP contribution >= 0.6 is 0 Å². The minimum absolute atomic E-state index is 0.0331. The molecule has 0 aliphatic rings. The Morgan fingerprint density at radius 3 is 2.30 bits per heavy atom. The van der Waals surface area contributed by atoms with Crippen LogP contribution in [0.1, 0.15) is 15.9 Å². The quantitative estimate of drug-likeness (QED) is 0.902. The van der Waals surface area contributed by atoms with Crippen molar-refractivity contribution in [3.8, 4) is 0 Å². The summed E-state index contributed by atoms with van der Waals surface area (Å²) in [5, 5.41) is 11.4. The highest BCUT2D eigenvalue weighted by Gasteiger charge is 2.08. The van der Waals surface area contributed by atoms with Crippen LogP contribution in [-0.4, -0.2) is 11.1 Å². The van der Waals surface area contributed by atoms with E-state index in [2.05, 4.69) is 5.32 Å². The third-order valence-electron chi connectivity index (χ3n) is 2.62. The molecule has 0 aliphatic heterocycles. The van der Waals surface area contributed by atoms with Crippen molar-refractivity contribution in [3.05, 3.63) is 65.0 Å². The van der Waals surface area contributed by atoms with Crippen LogP contribution in [0.25, 0.3) is 0 Å². The zero-order valence-corrected chi connectivity index (χ0v) is 10.2. The summed E-state index contributed by atoms with van der Waals surface area (Å²) in [6.07, 6.45) is 0. The van der Waals surface area contributed by atoms with Crippen LogP contribution in [0.2, 0.25) is 0 Å². The molecular formula is C14H10F3NO2. The molecule has 0 saturated heterocycles. The molecule has 0 saturated carbocycles. The van der Waals surface area contributed by atoms with E-state index in [-0.39, 0.29) is 23.4 Å². The topological polar surface area (TPSA) is 49.3 Å². The van der Waals surface area contributed by atoms with Gasteiger partial charge in [-0.1, -0.05) is 0 Å². The molecule has 0 fully saturated rings. The number of aromatic carboxylic acids is 1. The molecule has 0 atom stereocenters. The number of carbonyl (C=O) groups is 1. The van der Waals surface area contributed by atoms with Crippen LogP contribution < -0.4 is 5.32 Å². The van der Waals surface area contributed by atoms with Crippen LogP contribution in [0.4, 0.5) is 18.9 Å². The van der Waals surface area contributed by atoms with Gasteiger partial charge in [0.2, 0.25) is 0 Å². The second kappa shape index (κ2) is 5.64. The van der Waals surface area contributed by atoms with E-state index >= 15 is 0 Å². The van der Waals surface area contributed by atoms with Gasteiger partial charge in [0.25, 0.3) is 0 Å². The minimum atomic E-state index is -1.19. The van der Waals surface area contributed by atoms with E-state index in [0.717, 1.165) is 36.4 Å². The van der Waals surface area contributed by atoms with E-state index in [9.17, 15) is 18.0 Å². The maximum absolute atomic E-state index is 13.5. The Balaban J connectivity index is 2.18. The number of benzene rings is 2. The number of anilines is 1. The minimum Gasteiger partial charge on any atom is -0.478 e. The van der Waals surface area contributed by atoms with Gasteiger partial charge in [-0.05, 0) is 35.9 Å². The van der Waals surface area contributed by atoms with Gasteiger partial charge in [0.05, 0.1) is 11.3 Å². The van der Waals surface area contributed by atoms with Gasteiger partial charge in [0.1, 0.15) is 17.5 Å². The first kappa shape index (κ1) is 13.9. The molecule has 0 bridgehead atoms. The molecule has 0 aliphatic carbocycles. The molecule has 0 spiro atoms. The van der Waals surface area contributed by atoms with Crippen molar-refractivity contribution >= 4 is 11.7 Å². The maximum atomic E-state index is 13.5. The predicted molar refractivity (Wildman–Crippen MR) is 67.0 cm³/mol. The van der Waals surface area contributed by atoms with Crippen molar-refractivity contribution in [2.75, 3.05) is 5.32 Å². The van der Waals surface area contributed by atoms with Gasteiger partial charge in [0, 0.05) is 12.6 Å². The molecule has 20 heavy (non-hydrogen) atoms. The van der Waals surface area contributed by atoms with Gasteiger partial charge in [0.15, 0.2) is 0 Å². The van der Waals surface area contributed by atoms with E-state index < -0.39 is 23.4 Å². The van der Waals surface area contributed by atoms with E-state index in [1.165, 1.54) is 0 Å². The molecule has 0 heterocycles. The Morgan fingerprint density at radius 2 is 1.70 bits per heavy atom. The zero-order valence-electron chi connectivity index (χ0n) is 10.2. The van der Waals surface area contributed by atoms with Gasteiger partial charge >= 0.3 is 5.97 Å². The molecule has 2 N–H and O–H groups in total. The normalized spacial score (nSPS) is 10.3. The van der Waals surface area contributed by atoms with E-state index in [1.807, 2.05) is 0 Å². The number of carboxylic acids is 1. The summed E-state index contributed by atoms with van der Waals surface area (Å²) >= 11 is 0. The first-order valence-electron chi connectivity index (χ1n) is 5.67. The second-order valence-electron chi connectivity index (χ2n) is 4.13. The van der Waals surface area contributed by atoms with Crippen molar-refractivity contribution in [1.82, 2.24) is 0 Å². The van der Waals surface area contributed by atoms with Crippen LogP contribution in [-0.2, 0) is 6.54 Å². The summed E-state index contributed by atoms with van der Waals surface area (Å²) in [7, 11) is 0. The number of hydrogen-bond donors (Lipinski definition) is 2. The maximum Gasteiger partial charge on any atom is 0.335 e. The van der Waals surface area contributed by atoms with Crippen molar-refractivity contribution in [3.63, 3.8) is 0 Å². The number of nitrogens with one attached hydrogen (secondary N) is 1. The number of carboxylic acid groups (broad SMARTS) is 1. The Bertz CT molecular complexity index is 639. The monoisotopic (exact) mass is 281 g/mol. The highest BCUT2D eigenvalue weighted by Crippen LogP contribution is 2.18. The van der Waals surface area contributed by atoms with E-state index in [4.69, 9.17) is 5.11 Å². The van der Waals surface area contributed by atoms with Crippen LogP contribution in [0.15, 0.2) is 36.4 Å². The van der Waals surface area contributed by atoms with Gasteiger partial charge in [-0.15, -0.1) is 0 Å². The van der Waals surface area contributed by atoms with Crippen LogP contribution in [0, 0.1) is 17.5 Å². The van der Waals surface area contributed by atoms with Crippen molar-refractivity contribution in [2.45, 2.75) is 6.54 Å². The molecule has 6 heteroatoms. The Kier molecular flexibility index (Phi) is 3.93. The molecule has 0 unspecified atom stereocenters. The van der Waals surface area contributed by atoms with Crippen molar-refractivity contribution in [2.24, 2.45) is 0 Å². The average Bonchev–Trinajstić information content (AvgIpc) is 2.36. The fraction of sp³-hybridized carbons (Fsp3) is 0.0714. The second-order valence-corrected chi connectivity index (χ2v) is 4.13. The van der Waals surface area contributed by atoms with E-state index in [1.54, 1.807) is 0 Å². The summed E-state index contributed by atoms with van der Waals surface area (Å²) in [6.45, 7) is -0.0331. The lowest BCUT2D eigenvalue weighted by atomic mass is 10.1. The summed E-state index contributed by atoms with van der Waals surface area (Å²) in [5.74, 6) is -3.31. The Labute approximate surface area is 112 Å². The standard InChI is InChI=1S/C14H10F3NO2/c15-10-3-8(4-11(16)6-10)7-18-13-5-9(14(19)20)1-2-12(13)17/h1-6,18H,7H2,(H,19,20). The number of hydrogen-bond acceptors (Lipinski definition) is 2. The van der Waals surface area contributed by atoms with Gasteiger partial charge < -0.3 is 10.4 Å². The molecule has 0 aromatic heterocycles. The van der Waals surface area contributed by atoms with E-state index in [0.29, 0.717) is 0 Å². The Morgan fingerprint density at radius 1 is 1.05 bits per heavy atom. The number of rotatable bonds is 4. The smallest absolute Gasteiger partial charge is 0.335 e. The Hall–Kier alpha value is -2.50. The summed E-state index contributed by atoms with van der Waals surface area (Å²) in [6, 6.07) is 6.20. The lowest BCUT2D eigenvalue weighted by Crippen LogP contribution is -2.05. The van der Waals surface area contributed by atoms with Crippen LogP contribution in [0.5, 0.6) is 0 Å². The largest absolute Gasteiger partial charge is 0.478 e. The summed E-state index contributed by atoms with van der Waals surface area (Å²) in [4.78, 5) is 10.8. The summed E-state index contributed by atoms with van der Waals surface area (Å²) < 4.78 is 39.5. The molecular weight excluding hydrogens is 271 g/mol. The fourth-order valence-corrected chi connectivity index (χ4v) is 1.70. The fourth-order valence-electron chi connectivity index (χ4n) is 1.70. The highest BCUT2D eigenvalue weighted by atomic mass is 19.1. The predicted octanol–water partition coefficient (Wildman–Crippen LogP) is 3.41. The first-order valence-corrected chi connectivity index (χ1v) is 5.67. The lowest BCUT2D eigenvalue weighted by Gasteiger charge is -2.09. The van der Waals surface area contributed by atoms with Gasteiger partial charge in [-0.2, -0.15) is 0 Å². The average molecular weight is 281 g/mol. The van der Waals surface area contributed by atoms with Gasteiger partial charge in [-0.25, -0.2) is 18.0 Å². The lowest BCUT2D eigenvalue weighted by molar-refractivity contribution is 0.0697. The molecule has 0 amide bonds. The molecule has 104 valence electrons. The third kappa shape index (κ3) is 3.28. The number of halogens is 3. The first-order chi connectivity index (χ1) is 9.45. The molecule has 0 radical (unpaired) electrons. The van der Waals surface area contributed by atoms with Gasteiger partial charge in [-0.3, -0.25) is 0 Å². The SMILES string of the molecule is O=C(O)c1ccc(F)c(NCc2cc(F)cc(F)c2)c1. The van der Waals surface area contributed by atoms with Crippen molar-refractivity contribution < 1.29 is 23.1 Å².